The first kappa shape index (κ1) is 17.5. The molecule has 0 aliphatic carbocycles. The number of rotatable bonds is 4. The van der Waals surface area contributed by atoms with Gasteiger partial charge in [0.1, 0.15) is 17.1 Å². The Hall–Kier alpha value is -2.28. The Morgan fingerprint density at radius 1 is 1.36 bits per heavy atom. The smallest absolute Gasteiger partial charge is 0.226 e. The average molecular weight is 346 g/mol. The highest BCUT2D eigenvalue weighted by Crippen LogP contribution is 2.24. The molecule has 2 heterocycles. The largest absolute Gasteiger partial charge is 0.384 e. The quantitative estimate of drug-likeness (QED) is 0.920. The highest BCUT2D eigenvalue weighted by molar-refractivity contribution is 5.78. The van der Waals surface area contributed by atoms with Crippen LogP contribution in [0, 0.1) is 5.82 Å². The van der Waals surface area contributed by atoms with E-state index in [1.165, 1.54) is 12.1 Å². The van der Waals surface area contributed by atoms with Crippen LogP contribution < -0.4 is 0 Å². The number of nitrogens with zero attached hydrogens (tertiary/aromatic N) is 4. The molecule has 1 fully saturated rings. The van der Waals surface area contributed by atoms with Crippen LogP contribution in [0.25, 0.3) is 0 Å². The number of piperidine rings is 1. The summed E-state index contributed by atoms with van der Waals surface area (Å²) in [5.74, 6) is -0.308. The topological polar surface area (TPSA) is 71.2 Å². The highest BCUT2D eigenvalue weighted by Gasteiger charge is 2.27. The molecule has 1 amide bonds. The van der Waals surface area contributed by atoms with Crippen molar-refractivity contribution in [2.45, 2.75) is 44.8 Å². The van der Waals surface area contributed by atoms with E-state index in [0.29, 0.717) is 24.3 Å². The third-order valence-corrected chi connectivity index (χ3v) is 4.57. The lowest BCUT2D eigenvalue weighted by atomic mass is 10.0. The normalized spacial score (nSPS) is 16.2. The minimum Gasteiger partial charge on any atom is -0.384 e. The van der Waals surface area contributed by atoms with Gasteiger partial charge in [0.2, 0.25) is 5.91 Å². The summed E-state index contributed by atoms with van der Waals surface area (Å²) in [6.07, 6.45) is 3.55. The molecule has 0 atom stereocenters. The zero-order chi connectivity index (χ0) is 18.0. The molecule has 134 valence electrons. The molecule has 25 heavy (non-hydrogen) atoms. The van der Waals surface area contributed by atoms with Crippen LogP contribution in [0.2, 0.25) is 0 Å². The first-order chi connectivity index (χ1) is 11.8. The predicted octanol–water partition coefficient (Wildman–Crippen LogP) is 2.05. The third-order valence-electron chi connectivity index (χ3n) is 4.57. The molecule has 1 N–H and O–H groups in total. The van der Waals surface area contributed by atoms with E-state index in [0.717, 1.165) is 12.8 Å². The molecular weight excluding hydrogens is 323 g/mol. The van der Waals surface area contributed by atoms with Gasteiger partial charge in [-0.25, -0.2) is 9.07 Å². The third kappa shape index (κ3) is 4.22. The van der Waals surface area contributed by atoms with Gasteiger partial charge in [0.25, 0.3) is 0 Å². The van der Waals surface area contributed by atoms with Crippen LogP contribution in [0.3, 0.4) is 0 Å². The summed E-state index contributed by atoms with van der Waals surface area (Å²) < 4.78 is 15.0. The molecular formula is C18H23FN4O2. The molecule has 1 aliphatic heterocycles. The molecule has 2 aromatic rings. The van der Waals surface area contributed by atoms with Crippen molar-refractivity contribution >= 4 is 5.91 Å². The van der Waals surface area contributed by atoms with Gasteiger partial charge in [-0.2, -0.15) is 0 Å². The van der Waals surface area contributed by atoms with E-state index in [1.807, 2.05) is 4.90 Å². The van der Waals surface area contributed by atoms with E-state index in [4.69, 9.17) is 0 Å². The van der Waals surface area contributed by atoms with Crippen LogP contribution in [-0.4, -0.2) is 44.0 Å². The Morgan fingerprint density at radius 2 is 2.08 bits per heavy atom. The van der Waals surface area contributed by atoms with Gasteiger partial charge < -0.3 is 10.0 Å². The monoisotopic (exact) mass is 346 g/mol. The Bertz CT molecular complexity index is 746. The van der Waals surface area contributed by atoms with Crippen LogP contribution >= 0.6 is 0 Å². The van der Waals surface area contributed by atoms with Crippen molar-refractivity contribution in [2.75, 3.05) is 13.1 Å². The van der Waals surface area contributed by atoms with Crippen molar-refractivity contribution in [2.24, 2.45) is 0 Å². The van der Waals surface area contributed by atoms with Crippen molar-refractivity contribution in [3.63, 3.8) is 0 Å². The molecule has 0 spiro atoms. The molecule has 0 unspecified atom stereocenters. The number of aliphatic hydroxyl groups is 1. The zero-order valence-electron chi connectivity index (χ0n) is 14.5. The Kier molecular flexibility index (Phi) is 4.85. The number of hydrogen-bond acceptors (Lipinski definition) is 4. The summed E-state index contributed by atoms with van der Waals surface area (Å²) in [7, 11) is 0. The second kappa shape index (κ2) is 6.92. The molecule has 1 saturated heterocycles. The van der Waals surface area contributed by atoms with E-state index >= 15 is 0 Å². The Morgan fingerprint density at radius 3 is 2.68 bits per heavy atom. The fourth-order valence-electron chi connectivity index (χ4n) is 3.05. The number of likely N-dealkylation sites (tertiary alicyclic amines) is 1. The van der Waals surface area contributed by atoms with Crippen LogP contribution in [0.4, 0.5) is 4.39 Å². The first-order valence-electron chi connectivity index (χ1n) is 8.50. The summed E-state index contributed by atoms with van der Waals surface area (Å²) in [5, 5.41) is 18.1. The van der Waals surface area contributed by atoms with Crippen LogP contribution in [0.5, 0.6) is 0 Å². The molecule has 7 heteroatoms. The SMILES string of the molecule is CC(C)(O)c1cn(C2CCN(C(=O)Cc3cccc(F)c3)CC2)nn1. The van der Waals surface area contributed by atoms with Crippen molar-refractivity contribution in [3.8, 4) is 0 Å². The number of carbonyl (C=O) groups excluding carboxylic acids is 1. The maximum absolute atomic E-state index is 13.2. The maximum atomic E-state index is 13.2. The molecule has 6 nitrogen and oxygen atoms in total. The van der Waals surface area contributed by atoms with Crippen molar-refractivity contribution in [1.29, 1.82) is 0 Å². The average Bonchev–Trinajstić information content (AvgIpc) is 3.05. The fourth-order valence-corrected chi connectivity index (χ4v) is 3.05. The highest BCUT2D eigenvalue weighted by atomic mass is 19.1. The van der Waals surface area contributed by atoms with Crippen molar-refractivity contribution < 1.29 is 14.3 Å². The van der Waals surface area contributed by atoms with Crippen molar-refractivity contribution in [1.82, 2.24) is 19.9 Å². The summed E-state index contributed by atoms with van der Waals surface area (Å²) in [5.41, 5.74) is 0.218. The van der Waals surface area contributed by atoms with E-state index in [9.17, 15) is 14.3 Å². The van der Waals surface area contributed by atoms with E-state index in [1.54, 1.807) is 36.9 Å². The van der Waals surface area contributed by atoms with Gasteiger partial charge in [-0.3, -0.25) is 4.79 Å². The minimum absolute atomic E-state index is 0.0137. The lowest BCUT2D eigenvalue weighted by Crippen LogP contribution is -2.40. The lowest BCUT2D eigenvalue weighted by Gasteiger charge is -2.32. The minimum atomic E-state index is -1.01. The molecule has 1 aromatic carbocycles. The molecule has 0 bridgehead atoms. The lowest BCUT2D eigenvalue weighted by molar-refractivity contribution is -0.131. The van der Waals surface area contributed by atoms with E-state index in [-0.39, 0.29) is 24.2 Å². The number of amides is 1. The zero-order valence-corrected chi connectivity index (χ0v) is 14.5. The molecule has 1 aromatic heterocycles. The summed E-state index contributed by atoms with van der Waals surface area (Å²) in [6, 6.07) is 6.33. The number of aromatic nitrogens is 3. The van der Waals surface area contributed by atoms with Crippen LogP contribution in [-0.2, 0) is 16.8 Å². The van der Waals surface area contributed by atoms with Gasteiger partial charge in [0.15, 0.2) is 0 Å². The van der Waals surface area contributed by atoms with E-state index < -0.39 is 5.60 Å². The summed E-state index contributed by atoms with van der Waals surface area (Å²) in [4.78, 5) is 14.2. The first-order valence-corrected chi connectivity index (χ1v) is 8.50. The molecule has 0 radical (unpaired) electrons. The van der Waals surface area contributed by atoms with Gasteiger partial charge >= 0.3 is 0 Å². The maximum Gasteiger partial charge on any atom is 0.226 e. The standard InChI is InChI=1S/C18H23FN4O2/c1-18(2,25)16-12-23(21-20-16)15-6-8-22(9-7-15)17(24)11-13-4-3-5-14(19)10-13/h3-5,10,12,15,25H,6-9,11H2,1-2H3. The van der Waals surface area contributed by atoms with Gasteiger partial charge in [0, 0.05) is 13.1 Å². The number of halogens is 1. The van der Waals surface area contributed by atoms with Crippen LogP contribution in [0.15, 0.2) is 30.5 Å². The van der Waals surface area contributed by atoms with E-state index in [2.05, 4.69) is 10.3 Å². The number of hydrogen-bond donors (Lipinski definition) is 1. The van der Waals surface area contributed by atoms with Gasteiger partial charge in [-0.15, -0.1) is 5.10 Å². The molecule has 3 rings (SSSR count). The molecule has 1 aliphatic rings. The Labute approximate surface area is 146 Å². The second-order valence-electron chi connectivity index (χ2n) is 7.06. The van der Waals surface area contributed by atoms with Crippen LogP contribution in [0.1, 0.15) is 44.0 Å². The predicted molar refractivity (Wildman–Crippen MR) is 90.2 cm³/mol. The fraction of sp³-hybridized carbons (Fsp3) is 0.500. The van der Waals surface area contributed by atoms with Gasteiger partial charge in [-0.1, -0.05) is 17.3 Å². The number of carbonyl (C=O) groups is 1. The van der Waals surface area contributed by atoms with Gasteiger partial charge in [0.05, 0.1) is 18.7 Å². The summed E-state index contributed by atoms with van der Waals surface area (Å²) in [6.45, 7) is 4.62. The Balaban J connectivity index is 1.56. The van der Waals surface area contributed by atoms with Gasteiger partial charge in [-0.05, 0) is 44.4 Å². The second-order valence-corrected chi connectivity index (χ2v) is 7.06. The summed E-state index contributed by atoms with van der Waals surface area (Å²) >= 11 is 0. The number of benzene rings is 1. The van der Waals surface area contributed by atoms with Crippen molar-refractivity contribution in [3.05, 3.63) is 47.5 Å². The molecule has 0 saturated carbocycles.